The van der Waals surface area contributed by atoms with Crippen molar-refractivity contribution in [3.8, 4) is 5.88 Å². The lowest BCUT2D eigenvalue weighted by molar-refractivity contribution is 0.123. The van der Waals surface area contributed by atoms with Crippen LogP contribution in [0, 0.1) is 13.8 Å². The maximum absolute atomic E-state index is 13.3. The van der Waals surface area contributed by atoms with Gasteiger partial charge in [0.15, 0.2) is 0 Å². The van der Waals surface area contributed by atoms with Crippen LogP contribution < -0.4 is 4.74 Å². The van der Waals surface area contributed by atoms with Gasteiger partial charge in [0.1, 0.15) is 11.0 Å². The van der Waals surface area contributed by atoms with E-state index < -0.39 is 10.0 Å². The van der Waals surface area contributed by atoms with Crippen molar-refractivity contribution in [2.45, 2.75) is 57.6 Å². The van der Waals surface area contributed by atoms with Crippen molar-refractivity contribution >= 4 is 10.0 Å². The summed E-state index contributed by atoms with van der Waals surface area (Å²) in [6.07, 6.45) is 2.85. The van der Waals surface area contributed by atoms with Gasteiger partial charge in [-0.25, -0.2) is 8.42 Å². The Kier molecular flexibility index (Phi) is 5.29. The smallest absolute Gasteiger partial charge is 0.246 e. The fourth-order valence-electron chi connectivity index (χ4n) is 3.39. The average Bonchev–Trinajstić information content (AvgIpc) is 2.91. The second kappa shape index (κ2) is 7.32. The van der Waals surface area contributed by atoms with Gasteiger partial charge in [0.2, 0.25) is 15.9 Å². The van der Waals surface area contributed by atoms with E-state index in [4.69, 9.17) is 4.74 Å². The summed E-state index contributed by atoms with van der Waals surface area (Å²) in [5.74, 6) is 0.414. The molecule has 1 unspecified atom stereocenters. The molecule has 1 atom stereocenters. The van der Waals surface area contributed by atoms with E-state index in [1.54, 1.807) is 29.9 Å². The third-order valence-electron chi connectivity index (χ3n) is 4.52. The summed E-state index contributed by atoms with van der Waals surface area (Å²) in [6.45, 7) is 8.31. The van der Waals surface area contributed by atoms with E-state index in [2.05, 4.69) is 15.3 Å². The molecular formula is C17H25N5O3S. The van der Waals surface area contributed by atoms with Gasteiger partial charge in [-0.3, -0.25) is 4.68 Å². The minimum Gasteiger partial charge on any atom is -0.472 e. The van der Waals surface area contributed by atoms with Crippen LogP contribution in [0.1, 0.15) is 44.1 Å². The van der Waals surface area contributed by atoms with Crippen LogP contribution >= 0.6 is 0 Å². The van der Waals surface area contributed by atoms with Crippen molar-refractivity contribution in [1.82, 2.24) is 24.3 Å². The van der Waals surface area contributed by atoms with Crippen LogP contribution in [-0.4, -0.2) is 51.9 Å². The predicted octanol–water partition coefficient (Wildman–Crippen LogP) is 2.10. The topological polar surface area (TPSA) is 90.2 Å². The summed E-state index contributed by atoms with van der Waals surface area (Å²) in [4.78, 5) is 0.311. The quantitative estimate of drug-likeness (QED) is 0.790. The largest absolute Gasteiger partial charge is 0.472 e. The molecule has 1 aliphatic heterocycles. The number of aromatic nitrogens is 4. The molecule has 0 saturated carbocycles. The first-order valence-electron chi connectivity index (χ1n) is 8.81. The van der Waals surface area contributed by atoms with E-state index in [0.717, 1.165) is 12.8 Å². The average molecular weight is 379 g/mol. The van der Waals surface area contributed by atoms with Crippen LogP contribution in [0.25, 0.3) is 0 Å². The normalized spacial score (nSPS) is 19.0. The first-order valence-corrected chi connectivity index (χ1v) is 10.2. The lowest BCUT2D eigenvalue weighted by atomic mass is 10.1. The van der Waals surface area contributed by atoms with Crippen LogP contribution in [0.4, 0.5) is 0 Å². The number of sulfonamides is 1. The maximum Gasteiger partial charge on any atom is 0.246 e. The zero-order valence-electron chi connectivity index (χ0n) is 15.6. The fraction of sp³-hybridized carbons (Fsp3) is 0.588. The highest BCUT2D eigenvalue weighted by molar-refractivity contribution is 7.89. The Morgan fingerprint density at radius 2 is 2.08 bits per heavy atom. The van der Waals surface area contributed by atoms with Crippen LogP contribution in [0.5, 0.6) is 5.88 Å². The van der Waals surface area contributed by atoms with Gasteiger partial charge in [0.25, 0.3) is 0 Å². The number of piperidine rings is 1. The van der Waals surface area contributed by atoms with E-state index in [1.807, 2.05) is 20.8 Å². The Balaban J connectivity index is 1.83. The first-order chi connectivity index (χ1) is 12.3. The molecule has 2 aromatic heterocycles. The lowest BCUT2D eigenvalue weighted by Gasteiger charge is -2.31. The molecule has 3 rings (SSSR count). The Morgan fingerprint density at radius 1 is 1.31 bits per heavy atom. The summed E-state index contributed by atoms with van der Waals surface area (Å²) in [5, 5.41) is 12.1. The van der Waals surface area contributed by atoms with Gasteiger partial charge in [0, 0.05) is 24.8 Å². The van der Waals surface area contributed by atoms with Crippen molar-refractivity contribution in [3.05, 3.63) is 29.7 Å². The highest BCUT2D eigenvalue weighted by Gasteiger charge is 2.35. The maximum atomic E-state index is 13.3. The van der Waals surface area contributed by atoms with Crippen molar-refractivity contribution < 1.29 is 13.2 Å². The number of ether oxygens (including phenoxy) is 1. The number of hydrogen-bond acceptors (Lipinski definition) is 6. The number of aryl methyl sites for hydroxylation is 1. The van der Waals surface area contributed by atoms with E-state index in [-0.39, 0.29) is 12.1 Å². The van der Waals surface area contributed by atoms with Gasteiger partial charge in [-0.2, -0.15) is 14.5 Å². The molecule has 0 aliphatic carbocycles. The predicted molar refractivity (Wildman–Crippen MR) is 96.5 cm³/mol. The van der Waals surface area contributed by atoms with Crippen molar-refractivity contribution in [2.24, 2.45) is 0 Å². The first kappa shape index (κ1) is 18.8. The van der Waals surface area contributed by atoms with Gasteiger partial charge >= 0.3 is 0 Å². The van der Waals surface area contributed by atoms with E-state index in [9.17, 15) is 8.42 Å². The van der Waals surface area contributed by atoms with Gasteiger partial charge in [0.05, 0.1) is 17.9 Å². The highest BCUT2D eigenvalue weighted by Crippen LogP contribution is 2.28. The molecule has 8 nitrogen and oxygen atoms in total. The molecule has 2 aromatic rings. The Labute approximate surface area is 154 Å². The van der Waals surface area contributed by atoms with Crippen molar-refractivity contribution in [1.29, 1.82) is 0 Å². The summed E-state index contributed by atoms with van der Waals surface area (Å²) in [6, 6.07) is 3.57. The second-order valence-electron chi connectivity index (χ2n) is 6.85. The van der Waals surface area contributed by atoms with E-state index in [1.165, 1.54) is 4.31 Å². The Hall–Kier alpha value is -2.00. The molecule has 0 bridgehead atoms. The molecular weight excluding hydrogens is 354 g/mol. The molecule has 9 heteroatoms. The summed E-state index contributed by atoms with van der Waals surface area (Å²) < 4.78 is 35.6. The van der Waals surface area contributed by atoms with Crippen LogP contribution in [0.15, 0.2) is 23.2 Å². The van der Waals surface area contributed by atoms with E-state index in [0.29, 0.717) is 35.3 Å². The molecule has 0 amide bonds. The summed E-state index contributed by atoms with van der Waals surface area (Å²) in [5.41, 5.74) is 1.21. The molecule has 0 aromatic carbocycles. The lowest BCUT2D eigenvalue weighted by Crippen LogP contribution is -2.44. The van der Waals surface area contributed by atoms with Crippen LogP contribution in [0.3, 0.4) is 0 Å². The number of nitrogens with zero attached hydrogens (tertiary/aromatic N) is 5. The molecule has 3 heterocycles. The zero-order valence-corrected chi connectivity index (χ0v) is 16.4. The van der Waals surface area contributed by atoms with Crippen LogP contribution in [0.2, 0.25) is 0 Å². The molecule has 1 saturated heterocycles. The molecule has 26 heavy (non-hydrogen) atoms. The Bertz CT molecular complexity index is 864. The van der Waals surface area contributed by atoms with Crippen molar-refractivity contribution in [2.75, 3.05) is 13.1 Å². The Morgan fingerprint density at radius 3 is 2.69 bits per heavy atom. The minimum absolute atomic E-state index is 0.103. The molecule has 0 spiro atoms. The number of hydrogen-bond donors (Lipinski definition) is 0. The fourth-order valence-corrected chi connectivity index (χ4v) is 5.26. The summed E-state index contributed by atoms with van der Waals surface area (Å²) >= 11 is 0. The van der Waals surface area contributed by atoms with Gasteiger partial charge in [-0.05, 0) is 46.6 Å². The molecule has 1 aliphatic rings. The van der Waals surface area contributed by atoms with Crippen LogP contribution in [-0.2, 0) is 10.0 Å². The minimum atomic E-state index is -3.63. The zero-order chi connectivity index (χ0) is 18.9. The third kappa shape index (κ3) is 3.59. The van der Waals surface area contributed by atoms with E-state index >= 15 is 0 Å². The third-order valence-corrected chi connectivity index (χ3v) is 6.64. The number of rotatable bonds is 5. The highest BCUT2D eigenvalue weighted by atomic mass is 32.2. The summed E-state index contributed by atoms with van der Waals surface area (Å²) in [7, 11) is -3.63. The van der Waals surface area contributed by atoms with Gasteiger partial charge in [-0.1, -0.05) is 0 Å². The molecule has 0 radical (unpaired) electrons. The molecule has 142 valence electrons. The molecule has 1 fully saturated rings. The SMILES string of the molecule is Cc1nn(C(C)C)c(C)c1S(=O)(=O)N1CCCC(Oc2cccnn2)C1. The molecule has 0 N–H and O–H groups in total. The second-order valence-corrected chi connectivity index (χ2v) is 8.72. The van der Waals surface area contributed by atoms with Gasteiger partial charge < -0.3 is 4.74 Å². The van der Waals surface area contributed by atoms with Crippen molar-refractivity contribution in [3.63, 3.8) is 0 Å². The standard InChI is InChI=1S/C17H25N5O3S/c1-12(2)22-14(4)17(13(3)20-22)26(23,24)21-10-6-7-15(11-21)25-16-8-5-9-18-19-16/h5,8-9,12,15H,6-7,10-11H2,1-4H3. The monoisotopic (exact) mass is 379 g/mol. The van der Waals surface area contributed by atoms with Gasteiger partial charge in [-0.15, -0.1) is 5.10 Å².